The Labute approximate surface area is 88.1 Å². The first-order chi connectivity index (χ1) is 6.65. The Morgan fingerprint density at radius 2 is 2.29 bits per heavy atom. The summed E-state index contributed by atoms with van der Waals surface area (Å²) in [6, 6.07) is 4.04. The lowest BCUT2D eigenvalue weighted by molar-refractivity contribution is -0.130. The number of amides is 1. The Morgan fingerprint density at radius 1 is 1.57 bits per heavy atom. The van der Waals surface area contributed by atoms with E-state index in [0.717, 1.165) is 4.88 Å². The van der Waals surface area contributed by atoms with Gasteiger partial charge in [0.25, 0.3) is 0 Å². The molecule has 0 aromatic carbocycles. The average Bonchev–Trinajstić information content (AvgIpc) is 2.69. The lowest BCUT2D eigenvalue weighted by Gasteiger charge is -2.15. The summed E-state index contributed by atoms with van der Waals surface area (Å²) in [7, 11) is 1.53. The summed E-state index contributed by atoms with van der Waals surface area (Å²) < 4.78 is 4.92. The molecule has 1 unspecified atom stereocenters. The minimum atomic E-state index is -0.391. The summed E-state index contributed by atoms with van der Waals surface area (Å²) in [5.41, 5.74) is 0. The molecule has 0 saturated heterocycles. The van der Waals surface area contributed by atoms with Crippen LogP contribution in [-0.4, -0.2) is 19.1 Å². The Hall–Kier alpha value is -0.870. The predicted octanol–water partition coefficient (Wildman–Crippen LogP) is 1.96. The molecule has 1 amide bonds. The van der Waals surface area contributed by atoms with E-state index in [0.29, 0.717) is 0 Å². The van der Waals surface area contributed by atoms with Gasteiger partial charge in [0.15, 0.2) is 0 Å². The summed E-state index contributed by atoms with van der Waals surface area (Å²) >= 11 is 1.64. The molecule has 1 rings (SSSR count). The van der Waals surface area contributed by atoms with E-state index < -0.39 is 6.10 Å². The monoisotopic (exact) mass is 213 g/mol. The number of hydrogen-bond acceptors (Lipinski definition) is 3. The first-order valence-corrected chi connectivity index (χ1v) is 5.39. The van der Waals surface area contributed by atoms with E-state index in [1.54, 1.807) is 18.3 Å². The van der Waals surface area contributed by atoms with Crippen molar-refractivity contribution in [1.29, 1.82) is 0 Å². The third-order valence-electron chi connectivity index (χ3n) is 2.05. The van der Waals surface area contributed by atoms with Gasteiger partial charge in [0.2, 0.25) is 5.91 Å². The van der Waals surface area contributed by atoms with Crippen LogP contribution in [0.5, 0.6) is 0 Å². The van der Waals surface area contributed by atoms with Gasteiger partial charge in [0.05, 0.1) is 6.04 Å². The minimum Gasteiger partial charge on any atom is -0.372 e. The lowest BCUT2D eigenvalue weighted by Crippen LogP contribution is -2.35. The number of methoxy groups -OCH3 is 1. The van der Waals surface area contributed by atoms with E-state index in [1.165, 1.54) is 7.11 Å². The lowest BCUT2D eigenvalue weighted by atomic mass is 10.2. The number of hydrogen-bond donors (Lipinski definition) is 1. The summed E-state index contributed by atoms with van der Waals surface area (Å²) in [4.78, 5) is 12.6. The van der Waals surface area contributed by atoms with Gasteiger partial charge < -0.3 is 10.1 Å². The van der Waals surface area contributed by atoms with Crippen LogP contribution >= 0.6 is 11.3 Å². The van der Waals surface area contributed by atoms with E-state index >= 15 is 0 Å². The smallest absolute Gasteiger partial charge is 0.249 e. The van der Waals surface area contributed by atoms with E-state index in [2.05, 4.69) is 5.32 Å². The Balaban J connectivity index is 2.49. The Kier molecular flexibility index (Phi) is 4.10. The molecule has 0 fully saturated rings. The fourth-order valence-corrected chi connectivity index (χ4v) is 1.78. The molecule has 2 atom stereocenters. The molecule has 78 valence electrons. The van der Waals surface area contributed by atoms with Gasteiger partial charge in [-0.2, -0.15) is 0 Å². The van der Waals surface area contributed by atoms with Crippen molar-refractivity contribution < 1.29 is 9.53 Å². The van der Waals surface area contributed by atoms with Crippen LogP contribution < -0.4 is 5.32 Å². The first kappa shape index (κ1) is 11.2. The zero-order valence-electron chi connectivity index (χ0n) is 8.61. The van der Waals surface area contributed by atoms with Gasteiger partial charge in [-0.1, -0.05) is 6.07 Å². The maximum Gasteiger partial charge on any atom is 0.249 e. The molecule has 14 heavy (non-hydrogen) atoms. The highest BCUT2D eigenvalue weighted by atomic mass is 32.1. The molecule has 1 aromatic heterocycles. The molecule has 0 saturated carbocycles. The summed E-state index contributed by atoms with van der Waals surface area (Å²) in [6.07, 6.45) is -0.391. The van der Waals surface area contributed by atoms with Crippen molar-refractivity contribution in [3.05, 3.63) is 22.4 Å². The number of ether oxygens (including phenoxy) is 1. The van der Waals surface area contributed by atoms with Crippen LogP contribution in [0.25, 0.3) is 0 Å². The highest BCUT2D eigenvalue weighted by Gasteiger charge is 2.15. The summed E-state index contributed by atoms with van der Waals surface area (Å²) in [6.45, 7) is 3.70. The highest BCUT2D eigenvalue weighted by Crippen LogP contribution is 2.18. The first-order valence-electron chi connectivity index (χ1n) is 4.51. The molecule has 3 nitrogen and oxygen atoms in total. The Morgan fingerprint density at radius 3 is 2.79 bits per heavy atom. The zero-order chi connectivity index (χ0) is 10.6. The van der Waals surface area contributed by atoms with Crippen LogP contribution in [0, 0.1) is 0 Å². The zero-order valence-corrected chi connectivity index (χ0v) is 9.43. The third kappa shape index (κ3) is 2.82. The number of carbonyl (C=O) groups is 1. The van der Waals surface area contributed by atoms with Gasteiger partial charge in [-0.25, -0.2) is 0 Å². The number of rotatable bonds is 4. The second kappa shape index (κ2) is 5.12. The van der Waals surface area contributed by atoms with E-state index in [1.807, 2.05) is 24.4 Å². The van der Waals surface area contributed by atoms with Crippen molar-refractivity contribution in [3.8, 4) is 0 Å². The van der Waals surface area contributed by atoms with Gasteiger partial charge in [0, 0.05) is 12.0 Å². The molecule has 0 bridgehead atoms. The maximum atomic E-state index is 11.4. The quantitative estimate of drug-likeness (QED) is 0.830. The maximum absolute atomic E-state index is 11.4. The van der Waals surface area contributed by atoms with Crippen molar-refractivity contribution in [3.63, 3.8) is 0 Å². The van der Waals surface area contributed by atoms with E-state index in [-0.39, 0.29) is 11.9 Å². The molecule has 4 heteroatoms. The van der Waals surface area contributed by atoms with Crippen LogP contribution in [0.2, 0.25) is 0 Å². The Bertz CT molecular complexity index is 284. The number of nitrogens with one attached hydrogen (secondary N) is 1. The molecule has 0 aliphatic heterocycles. The van der Waals surface area contributed by atoms with Crippen molar-refractivity contribution in [2.45, 2.75) is 26.0 Å². The molecule has 0 aliphatic rings. The van der Waals surface area contributed by atoms with Crippen LogP contribution in [-0.2, 0) is 9.53 Å². The molecule has 1 aromatic rings. The molecule has 0 radical (unpaired) electrons. The molecule has 0 spiro atoms. The standard InChI is InChI=1S/C10H15NO2S/c1-7(9-5-4-6-14-9)11-10(12)8(2)13-3/h4-8H,1-3H3,(H,11,12)/t7-,8?/m1/s1. The van der Waals surface area contributed by atoms with Crippen molar-refractivity contribution in [2.24, 2.45) is 0 Å². The molecular weight excluding hydrogens is 198 g/mol. The van der Waals surface area contributed by atoms with Crippen LogP contribution in [0.3, 0.4) is 0 Å². The second-order valence-corrected chi connectivity index (χ2v) is 4.10. The number of carbonyl (C=O) groups excluding carboxylic acids is 1. The van der Waals surface area contributed by atoms with Gasteiger partial charge in [0.1, 0.15) is 6.10 Å². The summed E-state index contributed by atoms with van der Waals surface area (Å²) in [5.74, 6) is -0.0756. The third-order valence-corrected chi connectivity index (χ3v) is 3.11. The van der Waals surface area contributed by atoms with E-state index in [4.69, 9.17) is 4.74 Å². The second-order valence-electron chi connectivity index (χ2n) is 3.12. The van der Waals surface area contributed by atoms with Crippen molar-refractivity contribution in [2.75, 3.05) is 7.11 Å². The topological polar surface area (TPSA) is 38.3 Å². The van der Waals surface area contributed by atoms with Gasteiger partial charge >= 0.3 is 0 Å². The average molecular weight is 213 g/mol. The summed E-state index contributed by atoms with van der Waals surface area (Å²) in [5, 5.41) is 4.88. The van der Waals surface area contributed by atoms with Gasteiger partial charge in [-0.05, 0) is 25.3 Å². The molecule has 1 heterocycles. The van der Waals surface area contributed by atoms with Gasteiger partial charge in [-0.15, -0.1) is 11.3 Å². The largest absolute Gasteiger partial charge is 0.372 e. The molecular formula is C10H15NO2S. The molecule has 0 aliphatic carbocycles. The minimum absolute atomic E-state index is 0.0556. The van der Waals surface area contributed by atoms with Crippen LogP contribution in [0.4, 0.5) is 0 Å². The van der Waals surface area contributed by atoms with E-state index in [9.17, 15) is 4.79 Å². The number of thiophene rings is 1. The normalized spacial score (nSPS) is 14.8. The predicted molar refractivity (Wildman–Crippen MR) is 57.3 cm³/mol. The van der Waals surface area contributed by atoms with Crippen molar-refractivity contribution >= 4 is 17.2 Å². The molecule has 1 N–H and O–H groups in total. The SMILES string of the molecule is COC(C)C(=O)N[C@H](C)c1cccs1. The fraction of sp³-hybridized carbons (Fsp3) is 0.500. The van der Waals surface area contributed by atoms with Gasteiger partial charge in [-0.3, -0.25) is 4.79 Å². The van der Waals surface area contributed by atoms with Crippen LogP contribution in [0.1, 0.15) is 24.8 Å². The highest BCUT2D eigenvalue weighted by molar-refractivity contribution is 7.10. The van der Waals surface area contributed by atoms with Crippen LogP contribution in [0.15, 0.2) is 17.5 Å². The van der Waals surface area contributed by atoms with Crippen molar-refractivity contribution in [1.82, 2.24) is 5.32 Å². The fourth-order valence-electron chi connectivity index (χ4n) is 1.05.